The SMILES string of the molecule is O=[N+]([O-])c1ccc(-c2nc3ccccc3n2[C@H]2O[C@H](CO)[C@@H](O)[C@H](O)[C@H]2O)o1. The third-order valence-corrected chi connectivity index (χ3v) is 4.71. The Balaban J connectivity index is 1.88. The highest BCUT2D eigenvalue weighted by atomic mass is 16.6. The number of benzene rings is 1. The van der Waals surface area contributed by atoms with Gasteiger partial charge in [-0.2, -0.15) is 0 Å². The van der Waals surface area contributed by atoms with Gasteiger partial charge in [0.05, 0.1) is 23.7 Å². The average Bonchev–Trinajstić information content (AvgIpc) is 3.31. The molecule has 1 aromatic carbocycles. The second kappa shape index (κ2) is 6.96. The van der Waals surface area contributed by atoms with Crippen LogP contribution < -0.4 is 0 Å². The molecule has 1 saturated heterocycles. The van der Waals surface area contributed by atoms with Crippen LogP contribution in [0.2, 0.25) is 0 Å². The van der Waals surface area contributed by atoms with Crippen molar-refractivity contribution in [2.45, 2.75) is 30.6 Å². The summed E-state index contributed by atoms with van der Waals surface area (Å²) < 4.78 is 12.3. The van der Waals surface area contributed by atoms with Crippen molar-refractivity contribution < 1.29 is 34.5 Å². The standard InChI is InChI=1S/C17H17N3O8/c21-7-11-13(22)14(23)15(24)17(28-11)19-9-4-2-1-3-8(9)18-16(19)10-5-6-12(27-10)20(25)26/h1-6,11,13-15,17,21-24H,7H2/t11-,13-,14+,15-,17+/m1/s1. The number of ether oxygens (including phenoxy) is 1. The van der Waals surface area contributed by atoms with Gasteiger partial charge >= 0.3 is 5.88 Å². The number of aromatic nitrogens is 2. The first kappa shape index (κ1) is 18.5. The van der Waals surface area contributed by atoms with Crippen molar-refractivity contribution in [3.8, 4) is 11.6 Å². The number of nitrogens with zero attached hydrogens (tertiary/aromatic N) is 3. The van der Waals surface area contributed by atoms with Crippen LogP contribution in [0, 0.1) is 10.1 Å². The molecule has 0 spiro atoms. The van der Waals surface area contributed by atoms with Crippen molar-refractivity contribution in [3.63, 3.8) is 0 Å². The van der Waals surface area contributed by atoms with Crippen LogP contribution in [0.4, 0.5) is 5.88 Å². The number of fused-ring (bicyclic) bond motifs is 1. The molecule has 0 unspecified atom stereocenters. The second-order valence-electron chi connectivity index (χ2n) is 6.41. The zero-order chi connectivity index (χ0) is 20.0. The minimum absolute atomic E-state index is 0.0554. The lowest BCUT2D eigenvalue weighted by Crippen LogP contribution is -2.56. The molecule has 3 heterocycles. The molecule has 11 nitrogen and oxygen atoms in total. The summed E-state index contributed by atoms with van der Waals surface area (Å²) in [6.45, 7) is -0.588. The molecule has 4 N–H and O–H groups in total. The predicted molar refractivity (Wildman–Crippen MR) is 93.1 cm³/mol. The first-order chi connectivity index (χ1) is 13.4. The number of hydrogen-bond donors (Lipinski definition) is 4. The van der Waals surface area contributed by atoms with Crippen LogP contribution in [0.5, 0.6) is 0 Å². The van der Waals surface area contributed by atoms with Crippen molar-refractivity contribution >= 4 is 16.9 Å². The van der Waals surface area contributed by atoms with Crippen molar-refractivity contribution in [2.24, 2.45) is 0 Å². The molecular weight excluding hydrogens is 374 g/mol. The van der Waals surface area contributed by atoms with Crippen LogP contribution in [-0.2, 0) is 4.74 Å². The van der Waals surface area contributed by atoms with Gasteiger partial charge in [-0.15, -0.1) is 0 Å². The highest BCUT2D eigenvalue weighted by molar-refractivity contribution is 5.80. The Labute approximate surface area is 157 Å². The van der Waals surface area contributed by atoms with Gasteiger partial charge in [0, 0.05) is 0 Å². The highest BCUT2D eigenvalue weighted by Gasteiger charge is 2.45. The molecule has 148 valence electrons. The Morgan fingerprint density at radius 2 is 1.86 bits per heavy atom. The summed E-state index contributed by atoms with van der Waals surface area (Å²) in [5, 5.41) is 51.1. The minimum Gasteiger partial charge on any atom is -0.397 e. The fourth-order valence-corrected chi connectivity index (χ4v) is 3.32. The average molecular weight is 391 g/mol. The molecule has 2 aromatic heterocycles. The quantitative estimate of drug-likeness (QED) is 0.358. The van der Waals surface area contributed by atoms with E-state index in [-0.39, 0.29) is 11.6 Å². The van der Waals surface area contributed by atoms with E-state index in [0.29, 0.717) is 11.0 Å². The third kappa shape index (κ3) is 2.85. The molecule has 1 aliphatic rings. The lowest BCUT2D eigenvalue weighted by molar-refractivity contribution is -0.401. The zero-order valence-electron chi connectivity index (χ0n) is 14.3. The first-order valence-corrected chi connectivity index (χ1v) is 8.44. The van der Waals surface area contributed by atoms with Crippen molar-refractivity contribution in [1.29, 1.82) is 0 Å². The molecule has 1 aliphatic heterocycles. The maximum atomic E-state index is 10.9. The van der Waals surface area contributed by atoms with Gasteiger partial charge in [0.1, 0.15) is 29.3 Å². The molecule has 3 aromatic rings. The number of imidazole rings is 1. The van der Waals surface area contributed by atoms with Gasteiger partial charge in [0.2, 0.25) is 0 Å². The molecule has 1 fully saturated rings. The Kier molecular flexibility index (Phi) is 4.61. The molecule has 4 rings (SSSR count). The number of rotatable bonds is 4. The maximum absolute atomic E-state index is 10.9. The summed E-state index contributed by atoms with van der Waals surface area (Å²) in [7, 11) is 0. The fraction of sp³-hybridized carbons (Fsp3) is 0.353. The van der Waals surface area contributed by atoms with Gasteiger partial charge in [-0.05, 0) is 18.2 Å². The van der Waals surface area contributed by atoms with Crippen LogP contribution in [0.15, 0.2) is 40.8 Å². The van der Waals surface area contributed by atoms with Crippen LogP contribution in [0.25, 0.3) is 22.6 Å². The molecule has 0 aliphatic carbocycles. The smallest absolute Gasteiger partial charge is 0.397 e. The lowest BCUT2D eigenvalue weighted by atomic mass is 9.98. The van der Waals surface area contributed by atoms with E-state index in [1.54, 1.807) is 24.3 Å². The number of furan rings is 1. The van der Waals surface area contributed by atoms with Crippen molar-refractivity contribution in [1.82, 2.24) is 9.55 Å². The highest BCUT2D eigenvalue weighted by Crippen LogP contribution is 2.36. The third-order valence-electron chi connectivity index (χ3n) is 4.71. The van der Waals surface area contributed by atoms with Gasteiger partial charge in [-0.25, -0.2) is 4.98 Å². The zero-order valence-corrected chi connectivity index (χ0v) is 14.3. The number of aliphatic hydroxyl groups is 4. The summed E-state index contributed by atoms with van der Waals surface area (Å²) in [6.07, 6.45) is -7.01. The van der Waals surface area contributed by atoms with E-state index in [0.717, 1.165) is 0 Å². The Hall–Kier alpha value is -2.83. The molecule has 5 atom stereocenters. The monoisotopic (exact) mass is 391 g/mol. The number of para-hydroxylation sites is 2. The normalized spacial score (nSPS) is 27.9. The lowest BCUT2D eigenvalue weighted by Gasteiger charge is -2.40. The summed E-state index contributed by atoms with van der Waals surface area (Å²) in [6, 6.07) is 9.37. The van der Waals surface area contributed by atoms with Gasteiger partial charge < -0.3 is 29.6 Å². The number of aliphatic hydroxyl groups excluding tert-OH is 4. The summed E-state index contributed by atoms with van der Waals surface area (Å²) in [5.74, 6) is -0.305. The van der Waals surface area contributed by atoms with Crippen molar-refractivity contribution in [3.05, 3.63) is 46.5 Å². The predicted octanol–water partition coefficient (Wildman–Crippen LogP) is 0.177. The Morgan fingerprint density at radius 1 is 1.11 bits per heavy atom. The number of hydrogen-bond acceptors (Lipinski definition) is 9. The molecule has 28 heavy (non-hydrogen) atoms. The maximum Gasteiger partial charge on any atom is 0.433 e. The van der Waals surface area contributed by atoms with E-state index in [4.69, 9.17) is 9.15 Å². The van der Waals surface area contributed by atoms with Crippen LogP contribution >= 0.6 is 0 Å². The van der Waals surface area contributed by atoms with Gasteiger partial charge in [-0.3, -0.25) is 14.7 Å². The molecule has 0 radical (unpaired) electrons. The molecule has 0 bridgehead atoms. The molecular formula is C17H17N3O8. The van der Waals surface area contributed by atoms with E-state index in [2.05, 4.69) is 4.98 Å². The summed E-state index contributed by atoms with van der Waals surface area (Å²) >= 11 is 0. The van der Waals surface area contributed by atoms with Crippen LogP contribution in [0.1, 0.15) is 6.23 Å². The molecule has 0 saturated carbocycles. The Bertz CT molecular complexity index is 1010. The first-order valence-electron chi connectivity index (χ1n) is 8.44. The van der Waals surface area contributed by atoms with Gasteiger partial charge in [-0.1, -0.05) is 12.1 Å². The second-order valence-corrected chi connectivity index (χ2v) is 6.41. The largest absolute Gasteiger partial charge is 0.433 e. The van der Waals surface area contributed by atoms with Crippen molar-refractivity contribution in [2.75, 3.05) is 6.61 Å². The van der Waals surface area contributed by atoms with E-state index in [1.807, 2.05) is 0 Å². The van der Waals surface area contributed by atoms with Gasteiger partial charge in [0.15, 0.2) is 17.8 Å². The van der Waals surface area contributed by atoms with Gasteiger partial charge in [0.25, 0.3) is 0 Å². The summed E-state index contributed by atoms with van der Waals surface area (Å²) in [5.41, 5.74) is 0.995. The van der Waals surface area contributed by atoms with E-state index >= 15 is 0 Å². The van der Waals surface area contributed by atoms with E-state index < -0.39 is 48.1 Å². The molecule has 11 heteroatoms. The van der Waals surface area contributed by atoms with Crippen LogP contribution in [-0.4, -0.2) is 65.9 Å². The fourth-order valence-electron chi connectivity index (χ4n) is 3.32. The number of nitro groups is 1. The Morgan fingerprint density at radius 3 is 2.54 bits per heavy atom. The summed E-state index contributed by atoms with van der Waals surface area (Å²) in [4.78, 5) is 14.7. The minimum atomic E-state index is -1.59. The topological polar surface area (TPSA) is 164 Å². The molecule has 0 amide bonds. The van der Waals surface area contributed by atoms with E-state index in [1.165, 1.54) is 16.7 Å². The van der Waals surface area contributed by atoms with Crippen LogP contribution in [0.3, 0.4) is 0 Å². The van der Waals surface area contributed by atoms with E-state index in [9.17, 15) is 30.5 Å².